The molecule has 0 bridgehead atoms. The van der Waals surface area contributed by atoms with E-state index < -0.39 is 6.09 Å². The Labute approximate surface area is 202 Å². The Morgan fingerprint density at radius 3 is 2.59 bits per heavy atom. The first kappa shape index (κ1) is 22.2. The van der Waals surface area contributed by atoms with Gasteiger partial charge in [0.05, 0.1) is 16.4 Å². The number of likely N-dealkylation sites (tertiary alicyclic amines) is 1. The van der Waals surface area contributed by atoms with Gasteiger partial charge in [-0.2, -0.15) is 0 Å². The summed E-state index contributed by atoms with van der Waals surface area (Å²) in [6, 6.07) is 17.8. The number of aromatic amines is 1. The molecule has 174 valence electrons. The largest absolute Gasteiger partial charge is 0.435 e. The van der Waals surface area contributed by atoms with Gasteiger partial charge >= 0.3 is 6.09 Å². The van der Waals surface area contributed by atoms with E-state index in [4.69, 9.17) is 22.3 Å². The van der Waals surface area contributed by atoms with Crippen molar-refractivity contribution in [2.24, 2.45) is 5.84 Å². The normalized spacial score (nSPS) is 13.8. The zero-order valence-electron chi connectivity index (χ0n) is 18.6. The number of anilines is 1. The third kappa shape index (κ3) is 4.55. The van der Waals surface area contributed by atoms with Crippen molar-refractivity contribution in [3.05, 3.63) is 77.1 Å². The lowest BCUT2D eigenvalue weighted by atomic mass is 10.1. The van der Waals surface area contributed by atoms with E-state index in [-0.39, 0.29) is 5.95 Å². The molecule has 0 spiro atoms. The van der Waals surface area contributed by atoms with E-state index in [0.717, 1.165) is 46.5 Å². The molecule has 0 radical (unpaired) electrons. The molecule has 3 N–H and O–H groups in total. The number of para-hydroxylation sites is 1. The van der Waals surface area contributed by atoms with Crippen LogP contribution in [0.5, 0.6) is 0 Å². The molecular weight excluding hydrogens is 452 g/mol. The molecule has 9 heteroatoms. The Morgan fingerprint density at radius 2 is 1.79 bits per heavy atom. The van der Waals surface area contributed by atoms with E-state index in [2.05, 4.69) is 15.0 Å². The summed E-state index contributed by atoms with van der Waals surface area (Å²) in [7, 11) is 0. The fraction of sp³-hybridized carbons (Fsp3) is 0.240. The number of nitrogens with one attached hydrogen (secondary N) is 1. The smallest absolute Gasteiger partial charge is 0.360 e. The van der Waals surface area contributed by atoms with Gasteiger partial charge in [0.2, 0.25) is 0 Å². The first-order chi connectivity index (χ1) is 16.6. The number of carbonyl (C=O) groups excluding carboxylic acids is 1. The molecule has 4 aromatic rings. The van der Waals surface area contributed by atoms with Crippen molar-refractivity contribution < 1.29 is 9.63 Å². The molecule has 2 aromatic heterocycles. The Kier molecular flexibility index (Phi) is 6.33. The fourth-order valence-corrected chi connectivity index (χ4v) is 4.44. The first-order valence-electron chi connectivity index (χ1n) is 11.3. The number of carbonyl (C=O) groups is 1. The van der Waals surface area contributed by atoms with Gasteiger partial charge in [0.25, 0.3) is 5.95 Å². The van der Waals surface area contributed by atoms with E-state index in [0.29, 0.717) is 35.9 Å². The second-order valence-electron chi connectivity index (χ2n) is 8.27. The molecule has 1 fully saturated rings. The Bertz CT molecular complexity index is 1300. The van der Waals surface area contributed by atoms with Gasteiger partial charge in [-0.25, -0.2) is 20.6 Å². The molecule has 0 unspecified atom stereocenters. The number of nitrogens with two attached hydrogens (primary N) is 1. The number of aromatic nitrogens is 3. The van der Waals surface area contributed by atoms with Crippen molar-refractivity contribution in [1.29, 1.82) is 0 Å². The molecule has 1 aliphatic heterocycles. The number of nitrogens with zero attached hydrogens (tertiary/aromatic N) is 4. The summed E-state index contributed by atoms with van der Waals surface area (Å²) in [5.74, 6) is 6.19. The maximum absolute atomic E-state index is 12.6. The quantitative estimate of drug-likeness (QED) is 0.307. The highest BCUT2D eigenvalue weighted by Gasteiger charge is 2.24. The van der Waals surface area contributed by atoms with Crippen molar-refractivity contribution in [3.8, 4) is 11.3 Å². The molecule has 3 heterocycles. The predicted molar refractivity (Wildman–Crippen MR) is 132 cm³/mol. The first-order valence-corrected chi connectivity index (χ1v) is 11.7. The summed E-state index contributed by atoms with van der Waals surface area (Å²) < 4.78 is 0. The van der Waals surface area contributed by atoms with Gasteiger partial charge in [-0.3, -0.25) is 0 Å². The Balaban J connectivity index is 1.53. The standard InChI is InChI=1S/C25H25ClN6O2/c26-22-21(15-17-9-3-1-4-10-17)29-24(32(27)34-25(33)31-13-7-2-8-14-31)30-23(22)19-16-28-20-12-6-5-11-18(19)20/h1,3-6,9-12,16,28H,2,7-8,13-15,27H2. The number of benzene rings is 2. The van der Waals surface area contributed by atoms with E-state index in [1.807, 2.05) is 60.8 Å². The van der Waals surface area contributed by atoms with Crippen LogP contribution in [0, 0.1) is 0 Å². The van der Waals surface area contributed by atoms with Crippen LogP contribution in [-0.2, 0) is 11.3 Å². The van der Waals surface area contributed by atoms with Crippen LogP contribution in [0.4, 0.5) is 10.7 Å². The second-order valence-corrected chi connectivity index (χ2v) is 8.65. The molecule has 2 aromatic carbocycles. The van der Waals surface area contributed by atoms with Gasteiger partial charge in [0.15, 0.2) is 0 Å². The third-order valence-electron chi connectivity index (χ3n) is 5.95. The third-order valence-corrected chi connectivity index (χ3v) is 6.35. The summed E-state index contributed by atoms with van der Waals surface area (Å²) in [6.07, 6.45) is 4.81. The number of halogens is 1. The summed E-state index contributed by atoms with van der Waals surface area (Å²) in [4.78, 5) is 32.1. The SMILES string of the molecule is NN(OC(=O)N1CCCCC1)c1nc(Cc2ccccc2)c(Cl)c(-c2c[nH]c3ccccc23)n1. The van der Waals surface area contributed by atoms with Gasteiger partial charge < -0.3 is 14.7 Å². The fourth-order valence-electron chi connectivity index (χ4n) is 4.19. The van der Waals surface area contributed by atoms with Gasteiger partial charge in [0, 0.05) is 42.2 Å². The van der Waals surface area contributed by atoms with Crippen molar-refractivity contribution >= 4 is 34.5 Å². The minimum Gasteiger partial charge on any atom is -0.360 e. The van der Waals surface area contributed by atoms with Crippen LogP contribution in [0.2, 0.25) is 5.02 Å². The molecule has 1 amide bonds. The number of hydrazine groups is 1. The summed E-state index contributed by atoms with van der Waals surface area (Å²) in [6.45, 7) is 1.29. The van der Waals surface area contributed by atoms with E-state index in [1.165, 1.54) is 0 Å². The molecule has 0 atom stereocenters. The lowest BCUT2D eigenvalue weighted by molar-refractivity contribution is 0.0830. The van der Waals surface area contributed by atoms with Crippen molar-refractivity contribution in [2.45, 2.75) is 25.7 Å². The summed E-state index contributed by atoms with van der Waals surface area (Å²) >= 11 is 6.84. The van der Waals surface area contributed by atoms with Crippen LogP contribution < -0.4 is 11.0 Å². The lowest BCUT2D eigenvalue weighted by Crippen LogP contribution is -2.43. The number of fused-ring (bicyclic) bond motifs is 1. The highest BCUT2D eigenvalue weighted by Crippen LogP contribution is 2.35. The topological polar surface area (TPSA) is 100 Å². The van der Waals surface area contributed by atoms with E-state index in [9.17, 15) is 4.79 Å². The van der Waals surface area contributed by atoms with Crippen LogP contribution in [0.25, 0.3) is 22.2 Å². The minimum absolute atomic E-state index is 0.0565. The molecule has 0 aliphatic carbocycles. The van der Waals surface area contributed by atoms with Crippen LogP contribution in [-0.4, -0.2) is 39.0 Å². The zero-order valence-corrected chi connectivity index (χ0v) is 19.3. The summed E-state index contributed by atoms with van der Waals surface area (Å²) in [5, 5.41) is 2.22. The summed E-state index contributed by atoms with van der Waals surface area (Å²) in [5.41, 5.74) is 3.91. The minimum atomic E-state index is -0.515. The average Bonchev–Trinajstić information content (AvgIpc) is 3.30. The van der Waals surface area contributed by atoms with Crippen LogP contribution in [0.1, 0.15) is 30.5 Å². The highest BCUT2D eigenvalue weighted by atomic mass is 35.5. The number of amides is 1. The van der Waals surface area contributed by atoms with Gasteiger partial charge in [-0.1, -0.05) is 65.3 Å². The number of hydrogen-bond acceptors (Lipinski definition) is 6. The molecule has 0 saturated carbocycles. The molecule has 34 heavy (non-hydrogen) atoms. The molecule has 1 aliphatic rings. The monoisotopic (exact) mass is 476 g/mol. The molecule has 5 rings (SSSR count). The van der Waals surface area contributed by atoms with Crippen molar-refractivity contribution in [1.82, 2.24) is 19.9 Å². The number of piperidine rings is 1. The average molecular weight is 477 g/mol. The highest BCUT2D eigenvalue weighted by molar-refractivity contribution is 6.34. The number of hydrogen-bond donors (Lipinski definition) is 2. The predicted octanol–water partition coefficient (Wildman–Crippen LogP) is 5.09. The number of rotatable bonds is 5. The lowest BCUT2D eigenvalue weighted by Gasteiger charge is -2.27. The van der Waals surface area contributed by atoms with Crippen LogP contribution >= 0.6 is 11.6 Å². The van der Waals surface area contributed by atoms with Crippen LogP contribution in [0.15, 0.2) is 60.8 Å². The van der Waals surface area contributed by atoms with Crippen molar-refractivity contribution in [3.63, 3.8) is 0 Å². The zero-order chi connectivity index (χ0) is 23.5. The van der Waals surface area contributed by atoms with Gasteiger partial charge in [-0.15, -0.1) is 0 Å². The van der Waals surface area contributed by atoms with Crippen molar-refractivity contribution in [2.75, 3.05) is 18.3 Å². The maximum Gasteiger partial charge on any atom is 0.435 e. The van der Waals surface area contributed by atoms with E-state index >= 15 is 0 Å². The Hall–Kier alpha value is -3.62. The second kappa shape index (κ2) is 9.70. The van der Waals surface area contributed by atoms with Gasteiger partial charge in [-0.05, 0) is 30.9 Å². The van der Waals surface area contributed by atoms with Gasteiger partial charge in [0.1, 0.15) is 0 Å². The molecular formula is C25H25ClN6O2. The molecule has 8 nitrogen and oxygen atoms in total. The van der Waals surface area contributed by atoms with Crippen LogP contribution in [0.3, 0.4) is 0 Å². The Morgan fingerprint density at radius 1 is 1.06 bits per heavy atom. The number of H-pyrrole nitrogens is 1. The van der Waals surface area contributed by atoms with E-state index in [1.54, 1.807) is 4.90 Å². The maximum atomic E-state index is 12.6. The molecule has 1 saturated heterocycles.